The van der Waals surface area contributed by atoms with E-state index in [0.29, 0.717) is 5.92 Å². The smallest absolute Gasteiger partial charge is 0.223 e. The van der Waals surface area contributed by atoms with E-state index in [-0.39, 0.29) is 11.8 Å². The lowest BCUT2D eigenvalue weighted by Crippen LogP contribution is -2.35. The first-order chi connectivity index (χ1) is 10.3. The van der Waals surface area contributed by atoms with E-state index >= 15 is 0 Å². The molecule has 0 spiro atoms. The summed E-state index contributed by atoms with van der Waals surface area (Å²) in [5, 5.41) is 3.17. The van der Waals surface area contributed by atoms with Gasteiger partial charge in [0.25, 0.3) is 0 Å². The first-order valence-electron chi connectivity index (χ1n) is 8.05. The highest BCUT2D eigenvalue weighted by atomic mass is 16.1. The summed E-state index contributed by atoms with van der Waals surface area (Å²) >= 11 is 0. The molecule has 1 amide bonds. The summed E-state index contributed by atoms with van der Waals surface area (Å²) in [5.74, 6) is 1.02. The van der Waals surface area contributed by atoms with Gasteiger partial charge in [0.05, 0.1) is 0 Å². The molecule has 1 aromatic carbocycles. The van der Waals surface area contributed by atoms with Gasteiger partial charge in [-0.2, -0.15) is 0 Å². The second-order valence-corrected chi connectivity index (χ2v) is 6.16. The van der Waals surface area contributed by atoms with Crippen LogP contribution < -0.4 is 10.2 Å². The van der Waals surface area contributed by atoms with Crippen LogP contribution in [0.5, 0.6) is 0 Å². The van der Waals surface area contributed by atoms with Gasteiger partial charge in [-0.25, -0.2) is 0 Å². The second-order valence-electron chi connectivity index (χ2n) is 6.16. The van der Waals surface area contributed by atoms with E-state index in [1.54, 1.807) is 0 Å². The van der Waals surface area contributed by atoms with Crippen molar-refractivity contribution in [1.29, 1.82) is 0 Å². The van der Waals surface area contributed by atoms with E-state index < -0.39 is 0 Å². The van der Waals surface area contributed by atoms with Crippen LogP contribution in [0.15, 0.2) is 42.5 Å². The van der Waals surface area contributed by atoms with Crippen molar-refractivity contribution in [1.82, 2.24) is 5.32 Å². The molecule has 1 aliphatic heterocycles. The molecule has 0 unspecified atom stereocenters. The third kappa shape index (κ3) is 3.66. The molecule has 0 saturated carbocycles. The maximum absolute atomic E-state index is 12.1. The van der Waals surface area contributed by atoms with Crippen LogP contribution in [0, 0.1) is 11.8 Å². The van der Waals surface area contributed by atoms with Crippen LogP contribution in [-0.4, -0.2) is 25.5 Å². The van der Waals surface area contributed by atoms with E-state index in [1.807, 2.05) is 0 Å². The second kappa shape index (κ2) is 6.79. The van der Waals surface area contributed by atoms with Crippen LogP contribution in [0.25, 0.3) is 0 Å². The van der Waals surface area contributed by atoms with E-state index in [2.05, 4.69) is 52.7 Å². The Morgan fingerprint density at radius 2 is 2.05 bits per heavy atom. The van der Waals surface area contributed by atoms with Gasteiger partial charge in [-0.05, 0) is 43.7 Å². The van der Waals surface area contributed by atoms with Crippen molar-refractivity contribution in [2.24, 2.45) is 11.8 Å². The molecule has 1 fully saturated rings. The number of allylic oxidation sites excluding steroid dienone is 2. The van der Waals surface area contributed by atoms with Crippen LogP contribution in [0.4, 0.5) is 5.69 Å². The first kappa shape index (κ1) is 14.2. The number of para-hydroxylation sites is 1. The molecule has 3 heteroatoms. The van der Waals surface area contributed by atoms with Crippen molar-refractivity contribution in [2.45, 2.75) is 25.7 Å². The van der Waals surface area contributed by atoms with E-state index in [9.17, 15) is 4.79 Å². The van der Waals surface area contributed by atoms with E-state index in [0.717, 1.165) is 38.9 Å². The van der Waals surface area contributed by atoms with Gasteiger partial charge >= 0.3 is 0 Å². The number of amides is 1. The minimum atomic E-state index is 0.196. The van der Waals surface area contributed by atoms with Crippen LogP contribution in [0.2, 0.25) is 0 Å². The van der Waals surface area contributed by atoms with Gasteiger partial charge in [-0.15, -0.1) is 0 Å². The highest BCUT2D eigenvalue weighted by molar-refractivity contribution is 5.79. The molecule has 2 aliphatic rings. The number of hydrogen-bond donors (Lipinski definition) is 1. The van der Waals surface area contributed by atoms with Crippen molar-refractivity contribution < 1.29 is 4.79 Å². The molecule has 1 saturated heterocycles. The number of carbonyl (C=O) groups is 1. The topological polar surface area (TPSA) is 32.3 Å². The molecule has 2 atom stereocenters. The number of nitrogens with one attached hydrogen (secondary N) is 1. The Balaban J connectivity index is 1.45. The SMILES string of the molecule is O=C(NC[C@H]1CCN(c2ccccc2)C1)[C@H]1CC=CCC1. The number of nitrogens with zero attached hydrogens (tertiary/aromatic N) is 1. The van der Waals surface area contributed by atoms with Gasteiger partial charge in [0.15, 0.2) is 0 Å². The van der Waals surface area contributed by atoms with Crippen molar-refractivity contribution in [3.8, 4) is 0 Å². The molecule has 1 N–H and O–H groups in total. The number of anilines is 1. The number of carbonyl (C=O) groups excluding carboxylic acids is 1. The zero-order chi connectivity index (χ0) is 14.5. The molecule has 3 rings (SSSR count). The molecule has 1 aromatic rings. The Kier molecular flexibility index (Phi) is 4.59. The van der Waals surface area contributed by atoms with Crippen molar-refractivity contribution in [2.75, 3.05) is 24.5 Å². The normalized spacial score (nSPS) is 25.0. The summed E-state index contributed by atoms with van der Waals surface area (Å²) < 4.78 is 0. The third-order valence-electron chi connectivity index (χ3n) is 4.61. The quantitative estimate of drug-likeness (QED) is 0.862. The Morgan fingerprint density at radius 3 is 2.81 bits per heavy atom. The number of benzene rings is 1. The molecule has 0 bridgehead atoms. The van der Waals surface area contributed by atoms with Crippen LogP contribution in [-0.2, 0) is 4.79 Å². The standard InChI is InChI=1S/C18H24N2O/c21-18(16-7-3-1-4-8-16)19-13-15-11-12-20(14-15)17-9-5-2-6-10-17/h1-3,5-6,9-10,15-16H,4,7-8,11-14H2,(H,19,21)/t15-,16+/m1/s1. The van der Waals surface area contributed by atoms with Crippen LogP contribution in [0.3, 0.4) is 0 Å². The van der Waals surface area contributed by atoms with Gasteiger partial charge in [-0.1, -0.05) is 30.4 Å². The molecule has 112 valence electrons. The minimum Gasteiger partial charge on any atom is -0.371 e. The average Bonchev–Trinajstić information content (AvgIpc) is 3.03. The molecule has 1 heterocycles. The lowest BCUT2D eigenvalue weighted by Gasteiger charge is -2.20. The number of hydrogen-bond acceptors (Lipinski definition) is 2. The molecule has 3 nitrogen and oxygen atoms in total. The zero-order valence-electron chi connectivity index (χ0n) is 12.5. The fourth-order valence-electron chi connectivity index (χ4n) is 3.29. The monoisotopic (exact) mass is 284 g/mol. The predicted octanol–water partition coefficient (Wildman–Crippen LogP) is 2.99. The minimum absolute atomic E-state index is 0.196. The summed E-state index contributed by atoms with van der Waals surface area (Å²) in [6.07, 6.45) is 8.44. The van der Waals surface area contributed by atoms with Crippen molar-refractivity contribution in [3.05, 3.63) is 42.5 Å². The Morgan fingerprint density at radius 1 is 1.19 bits per heavy atom. The highest BCUT2D eigenvalue weighted by Gasteiger charge is 2.24. The maximum atomic E-state index is 12.1. The summed E-state index contributed by atoms with van der Waals surface area (Å²) in [7, 11) is 0. The van der Waals surface area contributed by atoms with Crippen molar-refractivity contribution >= 4 is 11.6 Å². The Bertz CT molecular complexity index is 497. The Labute approximate surface area is 127 Å². The zero-order valence-corrected chi connectivity index (χ0v) is 12.5. The van der Waals surface area contributed by atoms with Gasteiger partial charge in [0.2, 0.25) is 5.91 Å². The number of rotatable bonds is 4. The predicted molar refractivity (Wildman–Crippen MR) is 86.3 cm³/mol. The molecule has 0 aromatic heterocycles. The molecular formula is C18H24N2O. The molecule has 21 heavy (non-hydrogen) atoms. The largest absolute Gasteiger partial charge is 0.371 e. The van der Waals surface area contributed by atoms with Gasteiger partial charge in [0.1, 0.15) is 0 Å². The van der Waals surface area contributed by atoms with Gasteiger partial charge < -0.3 is 10.2 Å². The summed E-state index contributed by atoms with van der Waals surface area (Å²) in [5.41, 5.74) is 1.30. The lowest BCUT2D eigenvalue weighted by molar-refractivity contribution is -0.125. The van der Waals surface area contributed by atoms with Gasteiger partial charge in [0, 0.05) is 31.2 Å². The lowest BCUT2D eigenvalue weighted by atomic mass is 9.93. The van der Waals surface area contributed by atoms with Gasteiger partial charge in [-0.3, -0.25) is 4.79 Å². The molecule has 0 radical (unpaired) electrons. The maximum Gasteiger partial charge on any atom is 0.223 e. The Hall–Kier alpha value is -1.77. The van der Waals surface area contributed by atoms with Crippen LogP contribution >= 0.6 is 0 Å². The van der Waals surface area contributed by atoms with Crippen molar-refractivity contribution in [3.63, 3.8) is 0 Å². The summed E-state index contributed by atoms with van der Waals surface area (Å²) in [6.45, 7) is 2.97. The van der Waals surface area contributed by atoms with Crippen LogP contribution in [0.1, 0.15) is 25.7 Å². The molecule has 1 aliphatic carbocycles. The fraction of sp³-hybridized carbons (Fsp3) is 0.500. The van der Waals surface area contributed by atoms with E-state index in [1.165, 1.54) is 12.1 Å². The summed E-state index contributed by atoms with van der Waals surface area (Å²) in [6, 6.07) is 10.5. The fourth-order valence-corrected chi connectivity index (χ4v) is 3.29. The first-order valence-corrected chi connectivity index (χ1v) is 8.05. The van der Waals surface area contributed by atoms with E-state index in [4.69, 9.17) is 0 Å². The molecular weight excluding hydrogens is 260 g/mol. The average molecular weight is 284 g/mol. The third-order valence-corrected chi connectivity index (χ3v) is 4.61. The highest BCUT2D eigenvalue weighted by Crippen LogP contribution is 2.23. The summed E-state index contributed by atoms with van der Waals surface area (Å²) in [4.78, 5) is 14.6.